The molecular weight excluding hydrogens is 152 g/mol. The van der Waals surface area contributed by atoms with Crippen LogP contribution in [0.5, 0.6) is 0 Å². The van der Waals surface area contributed by atoms with Crippen molar-refractivity contribution >= 4 is 6.21 Å². The quantitative estimate of drug-likeness (QED) is 0.467. The van der Waals surface area contributed by atoms with E-state index < -0.39 is 0 Å². The van der Waals surface area contributed by atoms with Gasteiger partial charge in [-0.2, -0.15) is 0 Å². The Morgan fingerprint density at radius 2 is 2.42 bits per heavy atom. The van der Waals surface area contributed by atoms with Crippen LogP contribution in [0, 0.1) is 4.91 Å². The van der Waals surface area contributed by atoms with Crippen LogP contribution in [0.2, 0.25) is 0 Å². The van der Waals surface area contributed by atoms with Crippen LogP contribution in [0.4, 0.5) is 0 Å². The van der Waals surface area contributed by atoms with Gasteiger partial charge in [-0.25, -0.2) is 0 Å². The number of aliphatic imine (C=N–C) groups is 1. The number of nitrogens with zero attached hydrogens (tertiary/aromatic N) is 2. The molecule has 0 amide bonds. The van der Waals surface area contributed by atoms with E-state index in [-0.39, 0.29) is 0 Å². The van der Waals surface area contributed by atoms with Gasteiger partial charge in [0.1, 0.15) is 0 Å². The fraction of sp³-hybridized carbons (Fsp3) is 0.667. The summed E-state index contributed by atoms with van der Waals surface area (Å²) in [7, 11) is 0. The minimum atomic E-state index is 0.415. The standard InChI is InChI=1S/C9H15N2O/c1-2-3-4-5-9-8-10-6-7-11(9)12/h6,8H,2-5,7H2,1H3/q+1. The highest BCUT2D eigenvalue weighted by molar-refractivity contribution is 5.59. The van der Waals surface area contributed by atoms with Crippen LogP contribution < -0.4 is 0 Å². The average Bonchev–Trinajstić information content (AvgIpc) is 2.09. The van der Waals surface area contributed by atoms with Crippen LogP contribution in [-0.4, -0.2) is 17.5 Å². The Morgan fingerprint density at radius 1 is 1.58 bits per heavy atom. The fourth-order valence-corrected chi connectivity index (χ4v) is 1.19. The summed E-state index contributed by atoms with van der Waals surface area (Å²) in [4.78, 5) is 15.1. The molecule has 0 saturated heterocycles. The molecule has 1 aliphatic heterocycles. The molecule has 3 nitrogen and oxygen atoms in total. The first-order chi connectivity index (χ1) is 5.84. The lowest BCUT2D eigenvalue weighted by molar-refractivity contribution is -0.486. The van der Waals surface area contributed by atoms with E-state index in [0.717, 1.165) is 23.3 Å². The van der Waals surface area contributed by atoms with E-state index in [1.165, 1.54) is 12.8 Å². The Labute approximate surface area is 72.8 Å². The van der Waals surface area contributed by atoms with E-state index in [4.69, 9.17) is 0 Å². The SMILES string of the molecule is CCCCCC1=CN=CC[N+]1=O. The topological polar surface area (TPSA) is 32.4 Å². The van der Waals surface area contributed by atoms with E-state index in [2.05, 4.69) is 11.9 Å². The molecule has 0 fully saturated rings. The highest BCUT2D eigenvalue weighted by Crippen LogP contribution is 2.11. The Bertz CT molecular complexity index is 219. The van der Waals surface area contributed by atoms with E-state index in [0.29, 0.717) is 6.54 Å². The lowest BCUT2D eigenvalue weighted by Crippen LogP contribution is -2.13. The number of unbranched alkanes of at least 4 members (excludes halogenated alkanes) is 2. The van der Waals surface area contributed by atoms with Gasteiger partial charge in [0.2, 0.25) is 6.54 Å². The molecule has 66 valence electrons. The van der Waals surface area contributed by atoms with Crippen LogP contribution in [0.3, 0.4) is 0 Å². The summed E-state index contributed by atoms with van der Waals surface area (Å²) in [5.41, 5.74) is 0.825. The Hall–Kier alpha value is -0.990. The predicted octanol–water partition coefficient (Wildman–Crippen LogP) is 2.27. The van der Waals surface area contributed by atoms with Gasteiger partial charge in [0.05, 0.1) is 12.4 Å². The van der Waals surface area contributed by atoms with Crippen LogP contribution in [0.1, 0.15) is 32.6 Å². The summed E-state index contributed by atoms with van der Waals surface area (Å²) >= 11 is 0. The van der Waals surface area contributed by atoms with Gasteiger partial charge in [-0.05, 0) is 6.42 Å². The number of rotatable bonds is 4. The molecule has 0 aromatic rings. The van der Waals surface area contributed by atoms with Crippen molar-refractivity contribution in [2.45, 2.75) is 32.6 Å². The van der Waals surface area contributed by atoms with E-state index >= 15 is 0 Å². The zero-order valence-electron chi connectivity index (χ0n) is 7.49. The first kappa shape index (κ1) is 9.10. The van der Waals surface area contributed by atoms with Crippen LogP contribution in [0.15, 0.2) is 16.9 Å². The Kier molecular flexibility index (Phi) is 3.64. The largest absolute Gasteiger partial charge is 0.256 e. The summed E-state index contributed by atoms with van der Waals surface area (Å²) in [6, 6.07) is 0. The molecule has 0 aromatic carbocycles. The highest BCUT2D eigenvalue weighted by atomic mass is 16.3. The molecule has 0 saturated carbocycles. The van der Waals surface area contributed by atoms with Crippen LogP contribution in [0.25, 0.3) is 0 Å². The van der Waals surface area contributed by atoms with Crippen LogP contribution in [-0.2, 0) is 0 Å². The first-order valence-electron chi connectivity index (χ1n) is 4.50. The molecule has 0 atom stereocenters. The van der Waals surface area contributed by atoms with E-state index in [9.17, 15) is 4.91 Å². The summed E-state index contributed by atoms with van der Waals surface area (Å²) in [6.45, 7) is 2.57. The minimum Gasteiger partial charge on any atom is -0.256 e. The number of hydrogen-bond acceptors (Lipinski definition) is 2. The van der Waals surface area contributed by atoms with E-state index in [1.807, 2.05) is 0 Å². The van der Waals surface area contributed by atoms with Crippen molar-refractivity contribution in [3.63, 3.8) is 0 Å². The third kappa shape index (κ3) is 2.57. The van der Waals surface area contributed by atoms with Gasteiger partial charge < -0.3 is 0 Å². The molecule has 0 bridgehead atoms. The Morgan fingerprint density at radius 3 is 3.08 bits per heavy atom. The molecule has 0 unspecified atom stereocenters. The zero-order chi connectivity index (χ0) is 8.81. The normalized spacial score (nSPS) is 16.4. The molecular formula is C9H15N2O+. The number of hydrogen-bond donors (Lipinski definition) is 0. The molecule has 12 heavy (non-hydrogen) atoms. The monoisotopic (exact) mass is 167 g/mol. The van der Waals surface area contributed by atoms with Crippen molar-refractivity contribution in [1.82, 2.24) is 0 Å². The molecule has 0 aromatic heterocycles. The van der Waals surface area contributed by atoms with Crippen molar-refractivity contribution in [2.24, 2.45) is 4.99 Å². The molecule has 0 aliphatic carbocycles. The summed E-state index contributed by atoms with van der Waals surface area (Å²) in [5, 5.41) is 0. The molecule has 1 aliphatic rings. The lowest BCUT2D eigenvalue weighted by atomic mass is 10.1. The maximum absolute atomic E-state index is 11.1. The van der Waals surface area contributed by atoms with Crippen molar-refractivity contribution in [3.05, 3.63) is 16.8 Å². The summed E-state index contributed by atoms with van der Waals surface area (Å²) in [5.74, 6) is 0. The van der Waals surface area contributed by atoms with Gasteiger partial charge >= 0.3 is 0 Å². The summed E-state index contributed by atoms with van der Waals surface area (Å²) < 4.78 is 1.02. The molecule has 3 heteroatoms. The third-order valence-corrected chi connectivity index (χ3v) is 1.93. The van der Waals surface area contributed by atoms with Crippen molar-refractivity contribution in [3.8, 4) is 0 Å². The van der Waals surface area contributed by atoms with Gasteiger partial charge in [-0.3, -0.25) is 4.99 Å². The van der Waals surface area contributed by atoms with Gasteiger partial charge in [-0.15, -0.1) is 0 Å². The van der Waals surface area contributed by atoms with Gasteiger partial charge in [-0.1, -0.05) is 19.8 Å². The third-order valence-electron chi connectivity index (χ3n) is 1.93. The summed E-state index contributed by atoms with van der Waals surface area (Å²) in [6.07, 6.45) is 7.65. The second-order valence-corrected chi connectivity index (χ2v) is 2.97. The van der Waals surface area contributed by atoms with Gasteiger partial charge in [0, 0.05) is 16.1 Å². The zero-order valence-corrected chi connectivity index (χ0v) is 7.49. The highest BCUT2D eigenvalue weighted by Gasteiger charge is 2.17. The molecule has 0 radical (unpaired) electrons. The maximum atomic E-state index is 11.1. The average molecular weight is 167 g/mol. The van der Waals surface area contributed by atoms with E-state index in [1.54, 1.807) is 12.4 Å². The second-order valence-electron chi connectivity index (χ2n) is 2.97. The van der Waals surface area contributed by atoms with Crippen LogP contribution >= 0.6 is 0 Å². The van der Waals surface area contributed by atoms with Gasteiger partial charge in [0.15, 0.2) is 0 Å². The molecule has 0 N–H and O–H groups in total. The van der Waals surface area contributed by atoms with Gasteiger partial charge in [0.25, 0.3) is 5.70 Å². The first-order valence-corrected chi connectivity index (χ1v) is 4.50. The van der Waals surface area contributed by atoms with Crippen molar-refractivity contribution in [2.75, 3.05) is 6.54 Å². The smallest absolute Gasteiger partial charge is 0.251 e. The Balaban J connectivity index is 2.34. The lowest BCUT2D eigenvalue weighted by Gasteiger charge is -1.98. The predicted molar refractivity (Wildman–Crippen MR) is 49.2 cm³/mol. The number of nitroso groups, excluding NO2 is 1. The molecule has 0 spiro atoms. The fourth-order valence-electron chi connectivity index (χ4n) is 1.19. The minimum absolute atomic E-state index is 0.415. The second kappa shape index (κ2) is 4.80. The molecule has 1 rings (SSSR count). The van der Waals surface area contributed by atoms with Crippen molar-refractivity contribution in [1.29, 1.82) is 0 Å². The molecule has 1 heterocycles. The van der Waals surface area contributed by atoms with Crippen molar-refractivity contribution < 1.29 is 4.76 Å². The maximum Gasteiger partial charge on any atom is 0.251 e. The number of allylic oxidation sites excluding steroid dienone is 1.